The van der Waals surface area contributed by atoms with E-state index in [0.717, 1.165) is 5.92 Å². The van der Waals surface area contributed by atoms with Crippen LogP contribution < -0.4 is 0 Å². The van der Waals surface area contributed by atoms with Crippen molar-refractivity contribution in [2.24, 2.45) is 5.92 Å². The van der Waals surface area contributed by atoms with Crippen LogP contribution in [0.4, 0.5) is 0 Å². The molecule has 4 rings (SSSR count). The maximum atomic E-state index is 2.32. The quantitative estimate of drug-likeness (QED) is 0.589. The summed E-state index contributed by atoms with van der Waals surface area (Å²) in [5, 5.41) is 0. The van der Waals surface area contributed by atoms with Crippen molar-refractivity contribution in [3.8, 4) is 0 Å². The van der Waals surface area contributed by atoms with Gasteiger partial charge in [-0.1, -0.05) is 29.8 Å². The maximum absolute atomic E-state index is 2.32. The van der Waals surface area contributed by atoms with E-state index in [9.17, 15) is 0 Å². The van der Waals surface area contributed by atoms with E-state index in [-0.39, 0.29) is 0 Å². The van der Waals surface area contributed by atoms with Crippen molar-refractivity contribution >= 4 is 0 Å². The second-order valence-electron chi connectivity index (χ2n) is 4.62. The third-order valence-electron chi connectivity index (χ3n) is 3.70. The summed E-state index contributed by atoms with van der Waals surface area (Å²) in [6.45, 7) is 2.16. The molecule has 0 nitrogen and oxygen atoms in total. The van der Waals surface area contributed by atoms with Gasteiger partial charge in [-0.05, 0) is 43.1 Å². The van der Waals surface area contributed by atoms with Crippen LogP contribution >= 0.6 is 0 Å². The van der Waals surface area contributed by atoms with Gasteiger partial charge in [0.2, 0.25) is 0 Å². The minimum atomic E-state index is 0.651. The number of hydrogen-bond donors (Lipinski definition) is 0. The van der Waals surface area contributed by atoms with Gasteiger partial charge in [-0.2, -0.15) is 0 Å². The molecule has 3 saturated carbocycles. The summed E-state index contributed by atoms with van der Waals surface area (Å²) in [6.07, 6.45) is 4.40. The topological polar surface area (TPSA) is 0 Å². The molecule has 62 valence electrons. The fourth-order valence-electron chi connectivity index (χ4n) is 2.74. The van der Waals surface area contributed by atoms with Crippen LogP contribution in [0, 0.1) is 12.8 Å². The summed E-state index contributed by atoms with van der Waals surface area (Å²) in [6, 6.07) is 9.14. The van der Waals surface area contributed by atoms with Gasteiger partial charge < -0.3 is 0 Å². The van der Waals surface area contributed by atoms with Crippen LogP contribution in [0.1, 0.15) is 30.4 Å². The average Bonchev–Trinajstić information content (AvgIpc) is 1.87. The highest BCUT2D eigenvalue weighted by Crippen LogP contribution is 2.64. The number of hydrogen-bond acceptors (Lipinski definition) is 0. The first-order valence-electron chi connectivity index (χ1n) is 4.86. The van der Waals surface area contributed by atoms with E-state index in [0.29, 0.717) is 5.41 Å². The van der Waals surface area contributed by atoms with Crippen LogP contribution in [0.15, 0.2) is 24.3 Å². The predicted molar refractivity (Wildman–Crippen MR) is 50.2 cm³/mol. The van der Waals surface area contributed by atoms with Crippen LogP contribution in [0.3, 0.4) is 0 Å². The van der Waals surface area contributed by atoms with E-state index in [4.69, 9.17) is 0 Å². The van der Waals surface area contributed by atoms with E-state index in [1.54, 1.807) is 5.56 Å². The normalized spacial score (nSPS) is 36.9. The summed E-state index contributed by atoms with van der Waals surface area (Å²) in [5.41, 5.74) is 3.62. The minimum Gasteiger partial charge on any atom is -0.0590 e. The number of rotatable bonds is 1. The van der Waals surface area contributed by atoms with Crippen LogP contribution in [-0.2, 0) is 5.41 Å². The van der Waals surface area contributed by atoms with Crippen molar-refractivity contribution in [3.63, 3.8) is 0 Å². The molecule has 3 fully saturated rings. The maximum Gasteiger partial charge on any atom is -0.00390 e. The first kappa shape index (κ1) is 6.71. The van der Waals surface area contributed by atoms with Crippen LogP contribution in [0.2, 0.25) is 0 Å². The fraction of sp³-hybridized carbons (Fsp3) is 0.500. The van der Waals surface area contributed by atoms with Crippen molar-refractivity contribution < 1.29 is 0 Å². The van der Waals surface area contributed by atoms with Gasteiger partial charge in [0.05, 0.1) is 0 Å². The van der Waals surface area contributed by atoms with E-state index in [1.807, 2.05) is 0 Å². The molecular formula is C12H14. The van der Waals surface area contributed by atoms with Gasteiger partial charge in [-0.25, -0.2) is 0 Å². The molecule has 0 atom stereocenters. The van der Waals surface area contributed by atoms with Crippen molar-refractivity contribution in [2.75, 3.05) is 0 Å². The molecule has 0 amide bonds. The molecule has 0 heterocycles. The Morgan fingerprint density at radius 2 is 1.67 bits per heavy atom. The molecule has 2 bridgehead atoms. The van der Waals surface area contributed by atoms with Gasteiger partial charge in [0, 0.05) is 0 Å². The monoisotopic (exact) mass is 158 g/mol. The Balaban J connectivity index is 1.96. The van der Waals surface area contributed by atoms with E-state index >= 15 is 0 Å². The SMILES string of the molecule is Cc1ccc(C23CC(C2)C3)cc1. The molecule has 0 aliphatic heterocycles. The molecule has 3 aliphatic rings. The Hall–Kier alpha value is -0.780. The summed E-state index contributed by atoms with van der Waals surface area (Å²) < 4.78 is 0. The summed E-state index contributed by atoms with van der Waals surface area (Å²) in [7, 11) is 0. The Labute approximate surface area is 73.6 Å². The highest BCUT2D eigenvalue weighted by Gasteiger charge is 2.57. The lowest BCUT2D eigenvalue weighted by molar-refractivity contribution is -0.0274. The lowest BCUT2D eigenvalue weighted by Crippen LogP contribution is -2.55. The molecule has 0 heteroatoms. The van der Waals surface area contributed by atoms with Gasteiger partial charge in [-0.3, -0.25) is 0 Å². The van der Waals surface area contributed by atoms with Gasteiger partial charge >= 0.3 is 0 Å². The highest BCUT2D eigenvalue weighted by molar-refractivity contribution is 5.36. The molecule has 0 radical (unpaired) electrons. The van der Waals surface area contributed by atoms with Gasteiger partial charge in [0.1, 0.15) is 0 Å². The zero-order valence-corrected chi connectivity index (χ0v) is 7.51. The summed E-state index contributed by atoms with van der Waals surface area (Å²) >= 11 is 0. The third kappa shape index (κ3) is 0.682. The molecule has 0 aromatic heterocycles. The van der Waals surface area contributed by atoms with E-state index < -0.39 is 0 Å². The van der Waals surface area contributed by atoms with Gasteiger partial charge in [0.15, 0.2) is 0 Å². The molecule has 1 aromatic carbocycles. The van der Waals surface area contributed by atoms with E-state index in [1.165, 1.54) is 24.8 Å². The first-order valence-corrected chi connectivity index (χ1v) is 4.86. The Morgan fingerprint density at radius 1 is 1.08 bits per heavy atom. The fourth-order valence-corrected chi connectivity index (χ4v) is 2.74. The second-order valence-corrected chi connectivity index (χ2v) is 4.62. The predicted octanol–water partition coefficient (Wildman–Crippen LogP) is 3.05. The summed E-state index contributed by atoms with van der Waals surface area (Å²) in [4.78, 5) is 0. The second kappa shape index (κ2) is 1.93. The largest absolute Gasteiger partial charge is 0.0590 e. The lowest BCUT2D eigenvalue weighted by Gasteiger charge is -2.62. The molecular weight excluding hydrogens is 144 g/mol. The van der Waals surface area contributed by atoms with E-state index in [2.05, 4.69) is 31.2 Å². The zero-order valence-electron chi connectivity index (χ0n) is 7.51. The molecule has 1 aromatic rings. The van der Waals surface area contributed by atoms with Crippen LogP contribution in [0.5, 0.6) is 0 Å². The Morgan fingerprint density at radius 3 is 2.08 bits per heavy atom. The molecule has 12 heavy (non-hydrogen) atoms. The van der Waals surface area contributed by atoms with Crippen molar-refractivity contribution in [3.05, 3.63) is 35.4 Å². The number of aryl methyl sites for hydroxylation is 1. The minimum absolute atomic E-state index is 0.651. The molecule has 3 aliphatic carbocycles. The highest BCUT2D eigenvalue weighted by atomic mass is 14.6. The van der Waals surface area contributed by atoms with Gasteiger partial charge in [-0.15, -0.1) is 0 Å². The third-order valence-corrected chi connectivity index (χ3v) is 3.70. The Bertz CT molecular complexity index is 290. The van der Waals surface area contributed by atoms with Crippen molar-refractivity contribution in [1.82, 2.24) is 0 Å². The zero-order chi connectivity index (χ0) is 8.18. The van der Waals surface area contributed by atoms with Crippen LogP contribution in [-0.4, -0.2) is 0 Å². The van der Waals surface area contributed by atoms with Crippen molar-refractivity contribution in [1.29, 1.82) is 0 Å². The summed E-state index contributed by atoms with van der Waals surface area (Å²) in [5.74, 6) is 1.09. The molecule has 0 N–H and O–H groups in total. The average molecular weight is 158 g/mol. The Kier molecular flexibility index (Phi) is 1.08. The van der Waals surface area contributed by atoms with Gasteiger partial charge in [0.25, 0.3) is 0 Å². The first-order chi connectivity index (χ1) is 5.78. The van der Waals surface area contributed by atoms with Crippen molar-refractivity contribution in [2.45, 2.75) is 31.6 Å². The van der Waals surface area contributed by atoms with Crippen LogP contribution in [0.25, 0.3) is 0 Å². The standard InChI is InChI=1S/C12H14/c1-9-2-4-11(5-3-9)12-6-10(7-12)8-12/h2-5,10H,6-8H2,1H3. The molecule has 0 spiro atoms. The molecule has 0 saturated heterocycles. The number of benzene rings is 1. The smallest absolute Gasteiger partial charge is 0.00390 e. The molecule has 0 unspecified atom stereocenters. The lowest BCUT2D eigenvalue weighted by atomic mass is 9.42.